The third kappa shape index (κ3) is 5.69. The molecular weight excluding hydrogens is 298 g/mol. The molecule has 0 aliphatic heterocycles. The minimum atomic E-state index is -2.48. The highest BCUT2D eigenvalue weighted by Crippen LogP contribution is 2.05. The molecular formula is C10H11BrF2N2O2. The number of aromatic nitrogens is 1. The Morgan fingerprint density at radius 1 is 1.53 bits per heavy atom. The van der Waals surface area contributed by atoms with Gasteiger partial charge in [-0.25, -0.2) is 13.8 Å². The zero-order valence-corrected chi connectivity index (χ0v) is 10.4. The number of hydrogen-bond acceptors (Lipinski definition) is 3. The van der Waals surface area contributed by atoms with Gasteiger partial charge in [0.15, 0.2) is 0 Å². The zero-order valence-electron chi connectivity index (χ0n) is 8.83. The normalized spacial score (nSPS) is 10.6. The molecule has 0 saturated carbocycles. The van der Waals surface area contributed by atoms with Crippen LogP contribution in [0, 0.1) is 0 Å². The van der Waals surface area contributed by atoms with E-state index in [-0.39, 0.29) is 19.1 Å². The fraction of sp³-hybridized carbons (Fsp3) is 0.400. The molecule has 1 heterocycles. The van der Waals surface area contributed by atoms with Crippen LogP contribution in [0.15, 0.2) is 22.9 Å². The Morgan fingerprint density at radius 2 is 2.29 bits per heavy atom. The monoisotopic (exact) mass is 308 g/mol. The Kier molecular flexibility index (Phi) is 5.99. The smallest absolute Gasteiger partial charge is 0.261 e. The summed E-state index contributed by atoms with van der Waals surface area (Å²) in [6.45, 7) is -0.378. The largest absolute Gasteiger partial charge is 0.374 e. The second-order valence-corrected chi connectivity index (χ2v) is 3.90. The first-order valence-corrected chi connectivity index (χ1v) is 5.64. The molecule has 1 aromatic rings. The third-order valence-corrected chi connectivity index (χ3v) is 2.23. The summed E-state index contributed by atoms with van der Waals surface area (Å²) in [6.07, 6.45) is -1.07. The van der Waals surface area contributed by atoms with Crippen LogP contribution in [0.2, 0.25) is 0 Å². The van der Waals surface area contributed by atoms with E-state index in [9.17, 15) is 13.6 Å². The second-order valence-electron chi connectivity index (χ2n) is 3.09. The highest BCUT2D eigenvalue weighted by Gasteiger charge is 2.05. The summed E-state index contributed by atoms with van der Waals surface area (Å²) in [4.78, 5) is 15.4. The van der Waals surface area contributed by atoms with Crippen LogP contribution in [0.25, 0.3) is 0 Å². The van der Waals surface area contributed by atoms with Crippen molar-refractivity contribution in [2.24, 2.45) is 0 Å². The summed E-state index contributed by atoms with van der Waals surface area (Å²) < 4.78 is 28.6. The first-order valence-electron chi connectivity index (χ1n) is 4.85. The van der Waals surface area contributed by atoms with Crippen LogP contribution < -0.4 is 5.32 Å². The number of halogens is 3. The van der Waals surface area contributed by atoms with E-state index in [0.29, 0.717) is 10.2 Å². The van der Waals surface area contributed by atoms with E-state index in [1.165, 1.54) is 6.20 Å². The summed E-state index contributed by atoms with van der Waals surface area (Å²) >= 11 is 3.15. The molecule has 0 aliphatic rings. The lowest BCUT2D eigenvalue weighted by molar-refractivity contribution is 0.0188. The number of amides is 1. The fourth-order valence-electron chi connectivity index (χ4n) is 1.02. The third-order valence-electron chi connectivity index (χ3n) is 1.77. The van der Waals surface area contributed by atoms with Crippen LogP contribution in [0.4, 0.5) is 8.78 Å². The molecule has 1 amide bonds. The number of carbonyl (C=O) groups excluding carboxylic acids is 1. The van der Waals surface area contributed by atoms with E-state index in [1.807, 2.05) is 0 Å². The standard InChI is InChI=1S/C10H11BrF2N2O2/c11-8-2-1-7(5-15-8)10(16)14-3-4-17-6-9(12)13/h1-2,5,9H,3-4,6H2,(H,14,16). The number of carbonyl (C=O) groups is 1. The SMILES string of the molecule is O=C(NCCOCC(F)F)c1ccc(Br)nc1. The van der Waals surface area contributed by atoms with E-state index in [4.69, 9.17) is 0 Å². The van der Waals surface area contributed by atoms with Gasteiger partial charge in [-0.15, -0.1) is 0 Å². The molecule has 0 spiro atoms. The fourth-order valence-corrected chi connectivity index (χ4v) is 1.26. The molecule has 7 heteroatoms. The number of rotatable bonds is 6. The van der Waals surface area contributed by atoms with Crippen LogP contribution in [0.5, 0.6) is 0 Å². The number of nitrogens with one attached hydrogen (secondary N) is 1. The van der Waals surface area contributed by atoms with Crippen molar-refractivity contribution in [2.75, 3.05) is 19.8 Å². The summed E-state index contributed by atoms with van der Waals surface area (Å²) in [5.74, 6) is -0.314. The van der Waals surface area contributed by atoms with Crippen molar-refractivity contribution in [1.29, 1.82) is 0 Å². The topological polar surface area (TPSA) is 51.2 Å². The molecule has 0 radical (unpaired) electrons. The van der Waals surface area contributed by atoms with Gasteiger partial charge in [0, 0.05) is 12.7 Å². The lowest BCUT2D eigenvalue weighted by Gasteiger charge is -2.05. The maximum absolute atomic E-state index is 11.7. The van der Waals surface area contributed by atoms with E-state index < -0.39 is 13.0 Å². The van der Waals surface area contributed by atoms with Crippen LogP contribution in [-0.2, 0) is 4.74 Å². The van der Waals surface area contributed by atoms with Gasteiger partial charge in [0.1, 0.15) is 11.2 Å². The van der Waals surface area contributed by atoms with Crippen LogP contribution in [-0.4, -0.2) is 37.1 Å². The van der Waals surface area contributed by atoms with Gasteiger partial charge in [-0.1, -0.05) is 0 Å². The van der Waals surface area contributed by atoms with Gasteiger partial charge in [-0.05, 0) is 28.1 Å². The molecule has 0 fully saturated rings. The van der Waals surface area contributed by atoms with Crippen LogP contribution in [0.3, 0.4) is 0 Å². The van der Waals surface area contributed by atoms with Crippen molar-refractivity contribution in [3.63, 3.8) is 0 Å². The molecule has 0 aromatic carbocycles. The molecule has 1 aromatic heterocycles. The van der Waals surface area contributed by atoms with Crippen LogP contribution in [0.1, 0.15) is 10.4 Å². The van der Waals surface area contributed by atoms with Crippen molar-refractivity contribution in [3.8, 4) is 0 Å². The maximum Gasteiger partial charge on any atom is 0.261 e. The molecule has 0 atom stereocenters. The number of nitrogens with zero attached hydrogens (tertiary/aromatic N) is 1. The Balaban J connectivity index is 2.23. The van der Waals surface area contributed by atoms with Crippen molar-refractivity contribution in [3.05, 3.63) is 28.5 Å². The van der Waals surface area contributed by atoms with Gasteiger partial charge in [-0.3, -0.25) is 4.79 Å². The zero-order chi connectivity index (χ0) is 12.7. The number of ether oxygens (including phenoxy) is 1. The Hall–Kier alpha value is -1.08. The first-order chi connectivity index (χ1) is 8.09. The van der Waals surface area contributed by atoms with Crippen LogP contribution >= 0.6 is 15.9 Å². The molecule has 0 saturated heterocycles. The maximum atomic E-state index is 11.7. The number of pyridine rings is 1. The summed E-state index contributed by atoms with van der Waals surface area (Å²) in [6, 6.07) is 3.24. The van der Waals surface area contributed by atoms with Gasteiger partial charge in [0.05, 0.1) is 12.2 Å². The van der Waals surface area contributed by atoms with Gasteiger partial charge in [-0.2, -0.15) is 0 Å². The summed E-state index contributed by atoms with van der Waals surface area (Å²) in [7, 11) is 0. The van der Waals surface area contributed by atoms with E-state index in [2.05, 4.69) is 31.0 Å². The predicted molar refractivity (Wildman–Crippen MR) is 61.1 cm³/mol. The van der Waals surface area contributed by atoms with E-state index in [1.54, 1.807) is 12.1 Å². The molecule has 0 unspecified atom stereocenters. The molecule has 4 nitrogen and oxygen atoms in total. The highest BCUT2D eigenvalue weighted by molar-refractivity contribution is 9.10. The van der Waals surface area contributed by atoms with Crippen molar-refractivity contribution >= 4 is 21.8 Å². The summed E-state index contributed by atoms with van der Waals surface area (Å²) in [5, 5.41) is 2.53. The second kappa shape index (κ2) is 7.29. The quantitative estimate of drug-likeness (QED) is 0.644. The molecule has 1 N–H and O–H groups in total. The van der Waals surface area contributed by atoms with Crippen molar-refractivity contribution in [2.45, 2.75) is 6.43 Å². The highest BCUT2D eigenvalue weighted by atomic mass is 79.9. The Morgan fingerprint density at radius 3 is 2.88 bits per heavy atom. The minimum absolute atomic E-state index is 0.0556. The van der Waals surface area contributed by atoms with Gasteiger partial charge in [0.25, 0.3) is 12.3 Å². The first kappa shape index (κ1) is 14.0. The average Bonchev–Trinajstić information content (AvgIpc) is 2.29. The Bertz CT molecular complexity index is 360. The lowest BCUT2D eigenvalue weighted by atomic mass is 10.3. The van der Waals surface area contributed by atoms with Crippen molar-refractivity contribution in [1.82, 2.24) is 10.3 Å². The number of alkyl halides is 2. The molecule has 0 aliphatic carbocycles. The number of hydrogen-bond donors (Lipinski definition) is 1. The van der Waals surface area contributed by atoms with Crippen molar-refractivity contribution < 1.29 is 18.3 Å². The molecule has 94 valence electrons. The molecule has 17 heavy (non-hydrogen) atoms. The van der Waals surface area contributed by atoms with E-state index in [0.717, 1.165) is 0 Å². The molecule has 1 rings (SSSR count). The minimum Gasteiger partial charge on any atom is -0.374 e. The lowest BCUT2D eigenvalue weighted by Crippen LogP contribution is -2.27. The van der Waals surface area contributed by atoms with E-state index >= 15 is 0 Å². The average molecular weight is 309 g/mol. The van der Waals surface area contributed by atoms with Gasteiger partial charge in [0.2, 0.25) is 0 Å². The predicted octanol–water partition coefficient (Wildman–Crippen LogP) is 1.86. The molecule has 0 bridgehead atoms. The van der Waals surface area contributed by atoms with Gasteiger partial charge >= 0.3 is 0 Å². The Labute approximate surface area is 105 Å². The summed E-state index contributed by atoms with van der Waals surface area (Å²) in [5.41, 5.74) is 0.405. The van der Waals surface area contributed by atoms with Gasteiger partial charge < -0.3 is 10.1 Å².